The van der Waals surface area contributed by atoms with Crippen molar-refractivity contribution < 1.29 is 29.0 Å². The number of ether oxygens (including phenoxy) is 2. The zero-order chi connectivity index (χ0) is 25.3. The van der Waals surface area contributed by atoms with Gasteiger partial charge in [0.05, 0.1) is 30.5 Å². The Kier molecular flexibility index (Phi) is 6.65. The van der Waals surface area contributed by atoms with Crippen molar-refractivity contribution in [3.63, 3.8) is 0 Å². The fourth-order valence-electron chi connectivity index (χ4n) is 3.77. The van der Waals surface area contributed by atoms with E-state index in [0.29, 0.717) is 22.6 Å². The molecule has 3 heterocycles. The largest absolute Gasteiger partial charge is 0.507 e. The summed E-state index contributed by atoms with van der Waals surface area (Å²) in [4.78, 5) is 48.4. The number of thiazole rings is 1. The second-order valence-corrected chi connectivity index (χ2v) is 9.03. The average molecular weight is 494 g/mol. The van der Waals surface area contributed by atoms with Crippen molar-refractivity contribution in [3.05, 3.63) is 76.1 Å². The maximum absolute atomic E-state index is 13.2. The number of Topliss-reactive ketones (excluding diaryl/α,β-unsaturated/α-hetero) is 1. The van der Waals surface area contributed by atoms with E-state index in [1.54, 1.807) is 49.5 Å². The van der Waals surface area contributed by atoms with Gasteiger partial charge in [-0.05, 0) is 56.7 Å². The van der Waals surface area contributed by atoms with Crippen LogP contribution in [0.5, 0.6) is 5.75 Å². The number of ketones is 1. The Morgan fingerprint density at radius 1 is 1.17 bits per heavy atom. The highest BCUT2D eigenvalue weighted by Gasteiger charge is 2.48. The fourth-order valence-corrected chi connectivity index (χ4v) is 4.78. The molecule has 180 valence electrons. The molecule has 1 aliphatic heterocycles. The quantitative estimate of drug-likeness (QED) is 0.236. The molecular formula is C25H23N3O6S. The summed E-state index contributed by atoms with van der Waals surface area (Å²) in [5.41, 5.74) is 1.11. The van der Waals surface area contributed by atoms with Crippen molar-refractivity contribution in [2.45, 2.75) is 32.9 Å². The van der Waals surface area contributed by atoms with Gasteiger partial charge in [0.25, 0.3) is 5.78 Å². The van der Waals surface area contributed by atoms with Gasteiger partial charge in [-0.3, -0.25) is 19.5 Å². The molecule has 1 saturated heterocycles. The Balaban J connectivity index is 1.85. The number of aliphatic hydroxyl groups excluding tert-OH is 1. The Morgan fingerprint density at radius 2 is 1.89 bits per heavy atom. The minimum absolute atomic E-state index is 0.0259. The van der Waals surface area contributed by atoms with Crippen molar-refractivity contribution in [2.24, 2.45) is 0 Å². The number of esters is 1. The topological polar surface area (TPSA) is 119 Å². The SMILES string of the molecule is COC(=O)c1sc(N2C(=O)C(=O)C(=C(O)c3ccc(OC(C)C)cc3)[C@H]2c2cccnc2)nc1C. The smallest absolute Gasteiger partial charge is 0.350 e. The number of carbonyl (C=O) groups excluding carboxylic acids is 3. The van der Waals surface area contributed by atoms with Crippen LogP contribution in [-0.4, -0.2) is 45.9 Å². The molecule has 1 fully saturated rings. The van der Waals surface area contributed by atoms with Crippen LogP contribution in [0.1, 0.15) is 46.4 Å². The minimum atomic E-state index is -0.994. The summed E-state index contributed by atoms with van der Waals surface area (Å²) in [7, 11) is 1.25. The lowest BCUT2D eigenvalue weighted by atomic mass is 9.96. The van der Waals surface area contributed by atoms with E-state index in [1.807, 2.05) is 13.8 Å². The summed E-state index contributed by atoms with van der Waals surface area (Å²) in [5.74, 6) is -2.06. The van der Waals surface area contributed by atoms with E-state index in [4.69, 9.17) is 9.47 Å². The summed E-state index contributed by atoms with van der Waals surface area (Å²) in [6.07, 6.45) is 3.05. The number of carbonyl (C=O) groups is 3. The summed E-state index contributed by atoms with van der Waals surface area (Å²) < 4.78 is 10.4. The number of anilines is 1. The maximum Gasteiger partial charge on any atom is 0.350 e. The van der Waals surface area contributed by atoms with Crippen molar-refractivity contribution >= 4 is 39.9 Å². The van der Waals surface area contributed by atoms with Crippen LogP contribution >= 0.6 is 11.3 Å². The fraction of sp³-hybridized carbons (Fsp3) is 0.240. The Labute approximate surface area is 205 Å². The molecule has 1 N–H and O–H groups in total. The summed E-state index contributed by atoms with van der Waals surface area (Å²) in [6, 6.07) is 8.96. The van der Waals surface area contributed by atoms with Gasteiger partial charge in [0, 0.05) is 18.0 Å². The Morgan fingerprint density at radius 3 is 2.49 bits per heavy atom. The molecule has 10 heteroatoms. The number of benzene rings is 1. The molecule has 9 nitrogen and oxygen atoms in total. The van der Waals surface area contributed by atoms with Gasteiger partial charge in [0.2, 0.25) is 0 Å². The monoisotopic (exact) mass is 493 g/mol. The molecule has 0 bridgehead atoms. The maximum atomic E-state index is 13.2. The molecule has 4 rings (SSSR count). The first-order chi connectivity index (χ1) is 16.7. The lowest BCUT2D eigenvalue weighted by Crippen LogP contribution is -2.29. The van der Waals surface area contributed by atoms with Crippen LogP contribution in [0, 0.1) is 6.92 Å². The van der Waals surface area contributed by atoms with E-state index in [-0.39, 0.29) is 27.4 Å². The van der Waals surface area contributed by atoms with Crippen LogP contribution in [-0.2, 0) is 14.3 Å². The third-order valence-corrected chi connectivity index (χ3v) is 6.44. The molecule has 2 aromatic heterocycles. The first-order valence-corrected chi connectivity index (χ1v) is 11.6. The van der Waals surface area contributed by atoms with Gasteiger partial charge in [0.15, 0.2) is 5.13 Å². The number of aryl methyl sites for hydroxylation is 1. The van der Waals surface area contributed by atoms with Crippen LogP contribution < -0.4 is 9.64 Å². The lowest BCUT2D eigenvalue weighted by Gasteiger charge is -2.22. The molecule has 1 atom stereocenters. The minimum Gasteiger partial charge on any atom is -0.507 e. The number of aromatic nitrogens is 2. The zero-order valence-corrected chi connectivity index (χ0v) is 20.3. The van der Waals surface area contributed by atoms with Gasteiger partial charge in [0.1, 0.15) is 16.4 Å². The molecule has 1 amide bonds. The van der Waals surface area contributed by atoms with Crippen LogP contribution in [0.4, 0.5) is 5.13 Å². The summed E-state index contributed by atoms with van der Waals surface area (Å²) in [6.45, 7) is 5.41. The molecular weight excluding hydrogens is 470 g/mol. The first kappa shape index (κ1) is 24.1. The number of amides is 1. The molecule has 35 heavy (non-hydrogen) atoms. The molecule has 0 unspecified atom stereocenters. The van der Waals surface area contributed by atoms with E-state index < -0.39 is 23.7 Å². The van der Waals surface area contributed by atoms with E-state index in [2.05, 4.69) is 9.97 Å². The van der Waals surface area contributed by atoms with Crippen molar-refractivity contribution in [1.82, 2.24) is 9.97 Å². The van der Waals surface area contributed by atoms with Crippen LogP contribution in [0.2, 0.25) is 0 Å². The average Bonchev–Trinajstić information content (AvgIpc) is 3.35. The molecule has 1 aliphatic rings. The Hall–Kier alpha value is -4.05. The molecule has 1 aromatic carbocycles. The molecule has 0 aliphatic carbocycles. The van der Waals surface area contributed by atoms with Crippen molar-refractivity contribution in [1.29, 1.82) is 0 Å². The van der Waals surface area contributed by atoms with E-state index in [9.17, 15) is 19.5 Å². The highest BCUT2D eigenvalue weighted by atomic mass is 32.1. The number of aliphatic hydroxyl groups is 1. The standard InChI is InChI=1S/C25H23N3O6S/c1-13(2)34-17-9-7-15(8-10-17)20(29)18-19(16-6-5-11-26-12-16)28(23(31)21(18)30)25-27-14(3)22(35-25)24(32)33-4/h5-13,19,29H,1-4H3/t19-/m1/s1. The number of hydrogen-bond acceptors (Lipinski definition) is 9. The van der Waals surface area contributed by atoms with Gasteiger partial charge >= 0.3 is 11.9 Å². The van der Waals surface area contributed by atoms with Crippen molar-refractivity contribution in [2.75, 3.05) is 12.0 Å². The van der Waals surface area contributed by atoms with E-state index in [1.165, 1.54) is 18.2 Å². The zero-order valence-electron chi connectivity index (χ0n) is 19.5. The second kappa shape index (κ2) is 9.67. The van der Waals surface area contributed by atoms with Gasteiger partial charge in [-0.2, -0.15) is 0 Å². The number of rotatable bonds is 6. The molecule has 0 saturated carbocycles. The van der Waals surface area contributed by atoms with Crippen LogP contribution in [0.3, 0.4) is 0 Å². The van der Waals surface area contributed by atoms with Gasteiger partial charge in [-0.25, -0.2) is 9.78 Å². The normalized spacial score (nSPS) is 17.2. The van der Waals surface area contributed by atoms with E-state index in [0.717, 1.165) is 11.3 Å². The Bertz CT molecular complexity index is 1310. The molecule has 3 aromatic rings. The summed E-state index contributed by atoms with van der Waals surface area (Å²) in [5, 5.41) is 11.3. The van der Waals surface area contributed by atoms with Crippen LogP contribution in [0.15, 0.2) is 54.4 Å². The lowest BCUT2D eigenvalue weighted by molar-refractivity contribution is -0.132. The number of hydrogen-bond donors (Lipinski definition) is 1. The van der Waals surface area contributed by atoms with Gasteiger partial charge < -0.3 is 14.6 Å². The summed E-state index contributed by atoms with van der Waals surface area (Å²) >= 11 is 0.937. The predicted molar refractivity (Wildman–Crippen MR) is 129 cm³/mol. The number of pyridine rings is 1. The molecule has 0 spiro atoms. The highest BCUT2D eigenvalue weighted by molar-refractivity contribution is 7.17. The number of nitrogens with zero attached hydrogens (tertiary/aromatic N) is 3. The number of methoxy groups -OCH3 is 1. The highest BCUT2D eigenvalue weighted by Crippen LogP contribution is 2.43. The van der Waals surface area contributed by atoms with Gasteiger partial charge in [-0.15, -0.1) is 0 Å². The third kappa shape index (κ3) is 4.52. The second-order valence-electron chi connectivity index (χ2n) is 8.05. The first-order valence-electron chi connectivity index (χ1n) is 10.8. The molecule has 0 radical (unpaired) electrons. The van der Waals surface area contributed by atoms with Crippen molar-refractivity contribution in [3.8, 4) is 5.75 Å². The third-order valence-electron chi connectivity index (χ3n) is 5.31. The van der Waals surface area contributed by atoms with Crippen LogP contribution in [0.25, 0.3) is 5.76 Å². The predicted octanol–water partition coefficient (Wildman–Crippen LogP) is 4.05. The van der Waals surface area contributed by atoms with E-state index >= 15 is 0 Å². The van der Waals surface area contributed by atoms with Gasteiger partial charge in [-0.1, -0.05) is 17.4 Å².